The molecule has 1 N–H and O–H groups in total. The topological polar surface area (TPSA) is 55.2 Å². The van der Waals surface area contributed by atoms with Crippen LogP contribution in [0.15, 0.2) is 18.5 Å². The Kier molecular flexibility index (Phi) is 3.45. The molecule has 0 bridgehead atoms. The predicted octanol–water partition coefficient (Wildman–Crippen LogP) is 3.59. The van der Waals surface area contributed by atoms with Crippen LogP contribution in [0.5, 0.6) is 5.88 Å². The molecule has 0 aliphatic heterocycles. The largest absolute Gasteiger partial charge is 0.474 e. The number of halogens is 4. The summed E-state index contributed by atoms with van der Waals surface area (Å²) in [4.78, 5) is 7.79. The molecule has 1 aliphatic carbocycles. The summed E-state index contributed by atoms with van der Waals surface area (Å²) in [5.41, 5.74) is -3.44. The zero-order valence-corrected chi connectivity index (χ0v) is 12.2. The van der Waals surface area contributed by atoms with Crippen molar-refractivity contribution in [1.29, 1.82) is 0 Å². The van der Waals surface area contributed by atoms with Crippen molar-refractivity contribution >= 4 is 22.4 Å². The summed E-state index contributed by atoms with van der Waals surface area (Å²) >= 11 is 5.79. The minimum atomic E-state index is -4.85. The second kappa shape index (κ2) is 4.96. The van der Waals surface area contributed by atoms with E-state index in [-0.39, 0.29) is 28.1 Å². The number of pyridine rings is 2. The number of nitrogens with zero attached hydrogens (tertiary/aromatic N) is 2. The van der Waals surface area contributed by atoms with E-state index in [1.807, 2.05) is 0 Å². The lowest BCUT2D eigenvalue weighted by Gasteiger charge is -2.27. The van der Waals surface area contributed by atoms with Crippen LogP contribution in [-0.4, -0.2) is 27.4 Å². The standard InChI is InChI=1S/C14H12ClF3N2O2/c1-13(21,14(16,17)18)10-6-20-12(22-7-2-3-7)9-5-19-11(15)4-8(9)10/h4-7,21H,2-3H2,1H3/t13-/m0/s1. The molecular formula is C14H12ClF3N2O2. The molecule has 1 fully saturated rings. The van der Waals surface area contributed by atoms with E-state index in [1.54, 1.807) is 0 Å². The summed E-state index contributed by atoms with van der Waals surface area (Å²) in [5, 5.41) is 10.4. The number of aliphatic hydroxyl groups is 1. The van der Waals surface area contributed by atoms with Crippen molar-refractivity contribution in [2.45, 2.75) is 37.6 Å². The Balaban J connectivity index is 2.21. The molecule has 0 saturated heterocycles. The van der Waals surface area contributed by atoms with Crippen LogP contribution < -0.4 is 4.74 Å². The Bertz CT molecular complexity index is 730. The second-order valence-electron chi connectivity index (χ2n) is 5.42. The SMILES string of the molecule is C[C@](O)(c1cnc(OC2CC2)c2cnc(Cl)cc12)C(F)(F)F. The average molecular weight is 333 g/mol. The number of rotatable bonds is 3. The van der Waals surface area contributed by atoms with Crippen molar-refractivity contribution < 1.29 is 23.0 Å². The average Bonchev–Trinajstić information content (AvgIpc) is 3.21. The van der Waals surface area contributed by atoms with Gasteiger partial charge in [0, 0.05) is 18.0 Å². The molecule has 22 heavy (non-hydrogen) atoms. The lowest BCUT2D eigenvalue weighted by atomic mass is 9.93. The highest BCUT2D eigenvalue weighted by atomic mass is 35.5. The zero-order chi connectivity index (χ0) is 16.1. The van der Waals surface area contributed by atoms with Gasteiger partial charge in [0.15, 0.2) is 5.60 Å². The van der Waals surface area contributed by atoms with E-state index in [9.17, 15) is 18.3 Å². The Hall–Kier alpha value is -1.60. The second-order valence-corrected chi connectivity index (χ2v) is 5.80. The molecule has 8 heteroatoms. The van der Waals surface area contributed by atoms with Gasteiger partial charge in [-0.1, -0.05) is 11.6 Å². The quantitative estimate of drug-likeness (QED) is 0.873. The van der Waals surface area contributed by atoms with Crippen LogP contribution in [0.4, 0.5) is 13.2 Å². The summed E-state index contributed by atoms with van der Waals surface area (Å²) in [5.74, 6) is 0.198. The van der Waals surface area contributed by atoms with Crippen LogP contribution in [0.3, 0.4) is 0 Å². The van der Waals surface area contributed by atoms with Gasteiger partial charge in [0.2, 0.25) is 5.88 Å². The number of ether oxygens (including phenoxy) is 1. The molecule has 4 nitrogen and oxygen atoms in total. The molecule has 1 saturated carbocycles. The Morgan fingerprint density at radius 2 is 1.91 bits per heavy atom. The minimum absolute atomic E-state index is 0.0234. The molecule has 1 atom stereocenters. The fourth-order valence-electron chi connectivity index (χ4n) is 2.06. The molecule has 2 aromatic heterocycles. The van der Waals surface area contributed by atoms with E-state index >= 15 is 0 Å². The summed E-state index contributed by atoms with van der Waals surface area (Å²) in [6, 6.07) is 1.27. The fourth-order valence-corrected chi connectivity index (χ4v) is 2.22. The van der Waals surface area contributed by atoms with Crippen molar-refractivity contribution in [3.05, 3.63) is 29.2 Å². The zero-order valence-electron chi connectivity index (χ0n) is 11.5. The van der Waals surface area contributed by atoms with Gasteiger partial charge in [0.05, 0.1) is 5.39 Å². The van der Waals surface area contributed by atoms with Gasteiger partial charge in [-0.25, -0.2) is 9.97 Å². The maximum Gasteiger partial charge on any atom is 0.421 e. The highest BCUT2D eigenvalue weighted by Crippen LogP contribution is 2.43. The first-order chi connectivity index (χ1) is 10.2. The monoisotopic (exact) mass is 332 g/mol. The number of alkyl halides is 3. The molecule has 0 unspecified atom stereocenters. The van der Waals surface area contributed by atoms with Gasteiger partial charge < -0.3 is 9.84 Å². The summed E-state index contributed by atoms with van der Waals surface area (Å²) in [6.07, 6.45) is -0.781. The highest BCUT2D eigenvalue weighted by Gasteiger charge is 2.52. The maximum absolute atomic E-state index is 13.1. The van der Waals surface area contributed by atoms with Crippen LogP contribution in [0.25, 0.3) is 10.8 Å². The van der Waals surface area contributed by atoms with Crippen molar-refractivity contribution in [2.24, 2.45) is 0 Å². The molecule has 0 spiro atoms. The maximum atomic E-state index is 13.1. The summed E-state index contributed by atoms with van der Waals surface area (Å²) < 4.78 is 44.9. The first kappa shape index (κ1) is 15.3. The van der Waals surface area contributed by atoms with Gasteiger partial charge in [-0.05, 0) is 31.2 Å². The minimum Gasteiger partial charge on any atom is -0.474 e. The first-order valence-electron chi connectivity index (χ1n) is 6.60. The van der Waals surface area contributed by atoms with Gasteiger partial charge in [0.25, 0.3) is 0 Å². The number of hydrogen-bond acceptors (Lipinski definition) is 4. The molecule has 0 radical (unpaired) electrons. The molecule has 0 amide bonds. The van der Waals surface area contributed by atoms with E-state index in [2.05, 4.69) is 9.97 Å². The third-order valence-corrected chi connectivity index (χ3v) is 3.79. The summed E-state index contributed by atoms with van der Waals surface area (Å²) in [7, 11) is 0. The third-order valence-electron chi connectivity index (χ3n) is 3.58. The molecule has 1 aliphatic rings. The summed E-state index contributed by atoms with van der Waals surface area (Å²) in [6.45, 7) is 0.680. The number of fused-ring (bicyclic) bond motifs is 1. The van der Waals surface area contributed by atoms with E-state index in [0.29, 0.717) is 12.3 Å². The highest BCUT2D eigenvalue weighted by molar-refractivity contribution is 6.30. The lowest BCUT2D eigenvalue weighted by Crippen LogP contribution is -2.39. The van der Waals surface area contributed by atoms with Gasteiger partial charge in [-0.3, -0.25) is 0 Å². The van der Waals surface area contributed by atoms with Crippen molar-refractivity contribution in [2.75, 3.05) is 0 Å². The molecule has 118 valence electrons. The van der Waals surface area contributed by atoms with Crippen LogP contribution >= 0.6 is 11.6 Å². The Morgan fingerprint density at radius 1 is 1.23 bits per heavy atom. The number of hydrogen-bond donors (Lipinski definition) is 1. The third kappa shape index (κ3) is 2.59. The van der Waals surface area contributed by atoms with Crippen molar-refractivity contribution in [3.63, 3.8) is 0 Å². The molecule has 2 aromatic rings. The normalized spacial score (nSPS) is 18.3. The van der Waals surface area contributed by atoms with E-state index in [0.717, 1.165) is 19.0 Å². The molecule has 3 rings (SSSR count). The van der Waals surface area contributed by atoms with Crippen molar-refractivity contribution in [3.8, 4) is 5.88 Å². The smallest absolute Gasteiger partial charge is 0.421 e. The van der Waals surface area contributed by atoms with Gasteiger partial charge in [-0.15, -0.1) is 0 Å². The van der Waals surface area contributed by atoms with Gasteiger partial charge in [0.1, 0.15) is 11.3 Å². The van der Waals surface area contributed by atoms with Crippen LogP contribution in [0, 0.1) is 0 Å². The van der Waals surface area contributed by atoms with Crippen LogP contribution in [0.2, 0.25) is 5.15 Å². The van der Waals surface area contributed by atoms with Gasteiger partial charge >= 0.3 is 6.18 Å². The molecule has 2 heterocycles. The Labute approximate surface area is 128 Å². The van der Waals surface area contributed by atoms with E-state index in [1.165, 1.54) is 12.3 Å². The van der Waals surface area contributed by atoms with Gasteiger partial charge in [-0.2, -0.15) is 13.2 Å². The lowest BCUT2D eigenvalue weighted by molar-refractivity contribution is -0.258. The van der Waals surface area contributed by atoms with Crippen LogP contribution in [0.1, 0.15) is 25.3 Å². The van der Waals surface area contributed by atoms with Crippen molar-refractivity contribution in [1.82, 2.24) is 9.97 Å². The predicted molar refractivity (Wildman–Crippen MR) is 73.8 cm³/mol. The van der Waals surface area contributed by atoms with Crippen LogP contribution in [-0.2, 0) is 5.60 Å². The molecule has 0 aromatic carbocycles. The fraction of sp³-hybridized carbons (Fsp3) is 0.429. The Morgan fingerprint density at radius 3 is 2.50 bits per heavy atom. The molecular weight excluding hydrogens is 321 g/mol. The van der Waals surface area contributed by atoms with E-state index < -0.39 is 11.8 Å². The first-order valence-corrected chi connectivity index (χ1v) is 6.98. The number of aromatic nitrogens is 2. The van der Waals surface area contributed by atoms with E-state index in [4.69, 9.17) is 16.3 Å².